The van der Waals surface area contributed by atoms with Gasteiger partial charge in [-0.3, -0.25) is 3.15 Å². The first-order valence-electron chi connectivity index (χ1n) is 4.18. The molecular weight excluding hydrogens is 293 g/mol. The molecule has 0 aliphatic carbocycles. The number of furan rings is 1. The van der Waals surface area contributed by atoms with Crippen molar-refractivity contribution in [2.24, 2.45) is 3.15 Å². The number of halogens is 1. The number of fused-ring (bicyclic) bond motifs is 1. The zero-order valence-corrected chi connectivity index (χ0v) is 9.85. The van der Waals surface area contributed by atoms with Crippen molar-refractivity contribution in [1.82, 2.24) is 0 Å². The van der Waals surface area contributed by atoms with Gasteiger partial charge in [0.1, 0.15) is 11.3 Å². The number of phenols is 1. The van der Waals surface area contributed by atoms with Gasteiger partial charge >= 0.3 is 0 Å². The van der Waals surface area contributed by atoms with Gasteiger partial charge in [-0.25, -0.2) is 0 Å². The van der Waals surface area contributed by atoms with Crippen LogP contribution in [0.25, 0.3) is 11.0 Å². The van der Waals surface area contributed by atoms with Gasteiger partial charge in [-0.05, 0) is 33.2 Å². The van der Waals surface area contributed by atoms with Gasteiger partial charge < -0.3 is 9.52 Å². The van der Waals surface area contributed by atoms with Crippen molar-refractivity contribution < 1.29 is 9.52 Å². The lowest BCUT2D eigenvalue weighted by Crippen LogP contribution is -1.78. The summed E-state index contributed by atoms with van der Waals surface area (Å²) in [5.74, 6) is 0.347. The largest absolute Gasteiger partial charge is 0.507 e. The average Bonchev–Trinajstić information content (AvgIpc) is 2.66. The summed E-state index contributed by atoms with van der Waals surface area (Å²) < 4.78 is 10.2. The Hall–Kier alpha value is -0.910. The molecule has 1 heterocycles. The van der Waals surface area contributed by atoms with E-state index in [0.717, 1.165) is 21.0 Å². The van der Waals surface area contributed by atoms with E-state index >= 15 is 0 Å². The highest BCUT2D eigenvalue weighted by Crippen LogP contribution is 2.31. The third-order valence-electron chi connectivity index (χ3n) is 2.01. The van der Waals surface area contributed by atoms with E-state index in [0.29, 0.717) is 5.75 Å². The van der Waals surface area contributed by atoms with Crippen molar-refractivity contribution in [3.05, 3.63) is 30.0 Å². The molecular formula is C10H10INO2. The third-order valence-corrected chi connectivity index (χ3v) is 3.86. The van der Waals surface area contributed by atoms with E-state index in [4.69, 9.17) is 4.42 Å². The van der Waals surface area contributed by atoms with Gasteiger partial charge in [-0.2, -0.15) is 0 Å². The highest BCUT2D eigenvalue weighted by atomic mass is 127. The van der Waals surface area contributed by atoms with Crippen molar-refractivity contribution in [3.63, 3.8) is 0 Å². The molecule has 0 spiro atoms. The van der Waals surface area contributed by atoms with Crippen LogP contribution in [0.4, 0.5) is 0 Å². The van der Waals surface area contributed by atoms with Crippen LogP contribution in [-0.2, 0) is 4.43 Å². The Bertz CT molecular complexity index is 476. The molecule has 0 saturated heterocycles. The Morgan fingerprint density at radius 2 is 2.29 bits per heavy atom. The first-order chi connectivity index (χ1) is 6.83. The molecule has 0 amide bonds. The molecule has 0 fully saturated rings. The SMILES string of the molecule is CN=ICc1ccc2occc2c1O. The number of hydrogen-bond acceptors (Lipinski definition) is 3. The molecule has 2 aromatic rings. The lowest BCUT2D eigenvalue weighted by atomic mass is 10.1. The van der Waals surface area contributed by atoms with Crippen LogP contribution in [0.5, 0.6) is 5.75 Å². The van der Waals surface area contributed by atoms with Gasteiger partial charge in [0, 0.05) is 17.0 Å². The van der Waals surface area contributed by atoms with Crippen LogP contribution >= 0.6 is 21.0 Å². The van der Waals surface area contributed by atoms with E-state index in [2.05, 4.69) is 3.15 Å². The van der Waals surface area contributed by atoms with E-state index in [9.17, 15) is 5.11 Å². The number of alkyl halides is 1. The zero-order chi connectivity index (χ0) is 9.97. The van der Waals surface area contributed by atoms with Crippen LogP contribution in [0.2, 0.25) is 0 Å². The number of phenolic OH excluding ortho intramolecular Hbond substituents is 1. The van der Waals surface area contributed by atoms with Gasteiger partial charge in [0.05, 0.1) is 11.6 Å². The molecule has 0 saturated carbocycles. The quantitative estimate of drug-likeness (QED) is 0.682. The second kappa shape index (κ2) is 4.08. The minimum atomic E-state index is -0.175. The smallest absolute Gasteiger partial charge is 0.137 e. The standard InChI is InChI=1S/C10H10INO2/c1-12-11-6-7-2-3-9-8(10(7)13)4-5-14-9/h2-5,13H,6H2,1H3. The molecule has 0 aliphatic rings. The fourth-order valence-corrected chi connectivity index (χ4v) is 2.63. The molecule has 3 nitrogen and oxygen atoms in total. The lowest BCUT2D eigenvalue weighted by Gasteiger charge is -2.00. The number of nitrogens with zero attached hydrogens (tertiary/aromatic N) is 1. The van der Waals surface area contributed by atoms with E-state index in [-0.39, 0.29) is 21.0 Å². The molecule has 1 aromatic heterocycles. The van der Waals surface area contributed by atoms with Gasteiger partial charge in [0.2, 0.25) is 0 Å². The molecule has 0 bridgehead atoms. The fraction of sp³-hybridized carbons (Fsp3) is 0.200. The van der Waals surface area contributed by atoms with E-state index in [1.165, 1.54) is 0 Å². The highest BCUT2D eigenvalue weighted by molar-refractivity contribution is 14.1. The summed E-state index contributed by atoms with van der Waals surface area (Å²) in [5, 5.41) is 10.7. The first-order valence-corrected chi connectivity index (χ1v) is 6.67. The average molecular weight is 303 g/mol. The maximum Gasteiger partial charge on any atom is 0.137 e. The van der Waals surface area contributed by atoms with Crippen molar-refractivity contribution in [3.8, 4) is 5.75 Å². The predicted molar refractivity (Wildman–Crippen MR) is 64.0 cm³/mol. The molecule has 1 aromatic carbocycles. The molecule has 4 heteroatoms. The minimum Gasteiger partial charge on any atom is -0.507 e. The van der Waals surface area contributed by atoms with Gasteiger partial charge in [-0.1, -0.05) is 6.07 Å². The Balaban J connectivity index is 2.50. The van der Waals surface area contributed by atoms with Crippen molar-refractivity contribution in [2.75, 3.05) is 7.05 Å². The van der Waals surface area contributed by atoms with Gasteiger partial charge in [0.25, 0.3) is 0 Å². The molecule has 14 heavy (non-hydrogen) atoms. The summed E-state index contributed by atoms with van der Waals surface area (Å²) in [5.41, 5.74) is 1.70. The van der Waals surface area contributed by atoms with E-state index in [1.807, 2.05) is 19.2 Å². The molecule has 0 aliphatic heterocycles. The van der Waals surface area contributed by atoms with Crippen LogP contribution in [0.15, 0.2) is 32.0 Å². The second-order valence-electron chi connectivity index (χ2n) is 2.83. The first kappa shape index (κ1) is 9.64. The van der Waals surface area contributed by atoms with Crippen LogP contribution in [0.1, 0.15) is 5.56 Å². The summed E-state index contributed by atoms with van der Waals surface area (Å²) in [7, 11) is 1.82. The fourth-order valence-electron chi connectivity index (χ4n) is 1.31. The monoisotopic (exact) mass is 303 g/mol. The summed E-state index contributed by atoms with van der Waals surface area (Å²) in [6, 6.07) is 5.59. The van der Waals surface area contributed by atoms with Crippen molar-refractivity contribution in [1.29, 1.82) is 0 Å². The molecule has 1 N–H and O–H groups in total. The summed E-state index contributed by atoms with van der Waals surface area (Å²) in [4.78, 5) is 0. The highest BCUT2D eigenvalue weighted by Gasteiger charge is 2.07. The Kier molecular flexibility index (Phi) is 2.81. The number of benzene rings is 1. The minimum absolute atomic E-state index is 0.175. The van der Waals surface area contributed by atoms with Crippen LogP contribution in [0.3, 0.4) is 0 Å². The van der Waals surface area contributed by atoms with Crippen molar-refractivity contribution in [2.45, 2.75) is 4.43 Å². The van der Waals surface area contributed by atoms with Crippen LogP contribution in [-0.4, -0.2) is 12.2 Å². The Morgan fingerprint density at radius 1 is 1.43 bits per heavy atom. The van der Waals surface area contributed by atoms with Crippen LogP contribution in [0, 0.1) is 0 Å². The van der Waals surface area contributed by atoms with E-state index < -0.39 is 0 Å². The topological polar surface area (TPSA) is 45.7 Å². The van der Waals surface area contributed by atoms with Crippen molar-refractivity contribution >= 4 is 32.0 Å². The Labute approximate surface area is 91.9 Å². The number of aromatic hydroxyl groups is 1. The Morgan fingerprint density at radius 3 is 3.07 bits per heavy atom. The zero-order valence-electron chi connectivity index (χ0n) is 7.70. The normalized spacial score (nSPS) is 12.1. The summed E-state index contributed by atoms with van der Waals surface area (Å²) in [6.45, 7) is 0. The lowest BCUT2D eigenvalue weighted by molar-refractivity contribution is 0.477. The predicted octanol–water partition coefficient (Wildman–Crippen LogP) is 3.42. The molecule has 0 atom stereocenters. The van der Waals surface area contributed by atoms with Gasteiger partial charge in [0.15, 0.2) is 0 Å². The molecule has 0 radical (unpaired) electrons. The maximum absolute atomic E-state index is 9.88. The van der Waals surface area contributed by atoms with E-state index in [1.54, 1.807) is 12.3 Å². The van der Waals surface area contributed by atoms with Crippen LogP contribution < -0.4 is 0 Å². The van der Waals surface area contributed by atoms with Gasteiger partial charge in [-0.15, -0.1) is 0 Å². The maximum atomic E-state index is 9.88. The number of hydrogen-bond donors (Lipinski definition) is 1. The summed E-state index contributed by atoms with van der Waals surface area (Å²) in [6.07, 6.45) is 1.59. The third kappa shape index (κ3) is 1.66. The molecule has 2 rings (SSSR count). The second-order valence-corrected chi connectivity index (χ2v) is 5.24. The molecule has 74 valence electrons. The molecule has 0 unspecified atom stereocenters. The number of rotatable bonds is 2. The summed E-state index contributed by atoms with van der Waals surface area (Å²) >= 11 is -0.175.